The molecule has 1 aromatic heterocycles. The largest absolute Gasteiger partial charge is 0.368 e. The van der Waals surface area contributed by atoms with Crippen LogP contribution in [0, 0.1) is 0 Å². The van der Waals surface area contributed by atoms with Gasteiger partial charge in [-0.25, -0.2) is 9.97 Å². The van der Waals surface area contributed by atoms with Crippen molar-refractivity contribution in [2.45, 2.75) is 6.92 Å². The zero-order chi connectivity index (χ0) is 16.7. The summed E-state index contributed by atoms with van der Waals surface area (Å²) < 4.78 is 0. The molecule has 0 bridgehead atoms. The number of hydrogen-bond donors (Lipinski definition) is 5. The molecule has 0 unspecified atom stereocenters. The van der Waals surface area contributed by atoms with Gasteiger partial charge in [0, 0.05) is 12.8 Å². The average molecular weight is 323 g/mol. The molecule has 10 heteroatoms. The number of rotatable bonds is 7. The number of anilines is 2. The Morgan fingerprint density at radius 1 is 1.45 bits per heavy atom. The maximum Gasteiger partial charge on any atom is 0.271 e. The first-order chi connectivity index (χ1) is 10.3. The maximum absolute atomic E-state index is 11.4. The van der Waals surface area contributed by atoms with E-state index in [9.17, 15) is 9.59 Å². The summed E-state index contributed by atoms with van der Waals surface area (Å²) in [5, 5.41) is 5.86. The first-order valence-corrected chi connectivity index (χ1v) is 6.58. The number of hydrogen-bond acceptors (Lipinski definition) is 8. The predicted octanol–water partition coefficient (Wildman–Crippen LogP) is -0.253. The lowest BCUT2D eigenvalue weighted by molar-refractivity contribution is -0.116. The van der Waals surface area contributed by atoms with Crippen molar-refractivity contribution in [3.05, 3.63) is 23.0 Å². The van der Waals surface area contributed by atoms with E-state index in [0.717, 1.165) is 0 Å². The Balaban J connectivity index is 3.07. The van der Waals surface area contributed by atoms with Gasteiger partial charge in [-0.1, -0.05) is 0 Å². The van der Waals surface area contributed by atoms with Crippen LogP contribution in [0.5, 0.6) is 0 Å². The second kappa shape index (κ2) is 7.98. The van der Waals surface area contributed by atoms with Crippen molar-refractivity contribution < 1.29 is 9.59 Å². The second-order valence-electron chi connectivity index (χ2n) is 4.16. The van der Waals surface area contributed by atoms with Crippen molar-refractivity contribution in [1.82, 2.24) is 9.97 Å². The molecule has 0 saturated heterocycles. The second-order valence-corrected chi connectivity index (χ2v) is 4.64. The van der Waals surface area contributed by atoms with Gasteiger partial charge in [0.25, 0.3) is 5.91 Å². The van der Waals surface area contributed by atoms with E-state index in [1.54, 1.807) is 20.0 Å². The van der Waals surface area contributed by atoms with Crippen molar-refractivity contribution in [3.8, 4) is 0 Å². The first-order valence-electron chi connectivity index (χ1n) is 6.13. The Labute approximate surface area is 132 Å². The highest BCUT2D eigenvalue weighted by atomic mass is 32.1. The molecule has 0 aliphatic heterocycles. The molecule has 1 heterocycles. The molecule has 0 aliphatic carbocycles. The molecule has 1 aromatic rings. The maximum atomic E-state index is 11.4. The molecule has 22 heavy (non-hydrogen) atoms. The van der Waals surface area contributed by atoms with Crippen LogP contribution in [-0.2, 0) is 4.79 Å². The Hall–Kier alpha value is -2.62. The number of aromatic nitrogens is 2. The van der Waals surface area contributed by atoms with E-state index >= 15 is 0 Å². The molecular weight excluding hydrogens is 306 g/mol. The number of carbonyl (C=O) groups is 2. The van der Waals surface area contributed by atoms with Gasteiger partial charge in [0.2, 0.25) is 5.91 Å². The summed E-state index contributed by atoms with van der Waals surface area (Å²) in [6.07, 6.45) is 2.91. The van der Waals surface area contributed by atoms with Gasteiger partial charge >= 0.3 is 0 Å². The van der Waals surface area contributed by atoms with E-state index in [1.807, 2.05) is 0 Å². The van der Waals surface area contributed by atoms with Crippen molar-refractivity contribution in [1.29, 1.82) is 0 Å². The number of amides is 2. The number of nitrogens with two attached hydrogens (primary N) is 2. The smallest absolute Gasteiger partial charge is 0.271 e. The lowest BCUT2D eigenvalue weighted by Crippen LogP contribution is -2.23. The fraction of sp³-hybridized carbons (Fsp3) is 0.250. The summed E-state index contributed by atoms with van der Waals surface area (Å²) in [6, 6.07) is 0. The van der Waals surface area contributed by atoms with Crippen LogP contribution >= 0.6 is 12.6 Å². The first kappa shape index (κ1) is 17.4. The minimum absolute atomic E-state index is 0.0596. The zero-order valence-corrected chi connectivity index (χ0v) is 13.0. The number of nitrogens with one attached hydrogen (secondary N) is 2. The molecule has 0 aromatic carbocycles. The van der Waals surface area contributed by atoms with E-state index < -0.39 is 11.8 Å². The highest BCUT2D eigenvalue weighted by molar-refractivity contribution is 7.84. The fourth-order valence-corrected chi connectivity index (χ4v) is 1.63. The van der Waals surface area contributed by atoms with Crippen LogP contribution in [0.15, 0.2) is 22.3 Å². The molecule has 6 N–H and O–H groups in total. The molecule has 1 rings (SSSR count). The predicted molar refractivity (Wildman–Crippen MR) is 88.0 cm³/mol. The highest BCUT2D eigenvalue weighted by Crippen LogP contribution is 2.16. The molecule has 0 saturated carbocycles. The number of aliphatic imine (C=N–C) groups is 1. The van der Waals surface area contributed by atoms with E-state index in [4.69, 9.17) is 11.5 Å². The van der Waals surface area contributed by atoms with Crippen LogP contribution in [0.25, 0.3) is 0 Å². The molecular formula is C12H17N7O2S. The lowest BCUT2D eigenvalue weighted by Gasteiger charge is -2.10. The number of allylic oxidation sites excluding steroid dienone is 1. The molecule has 0 fully saturated rings. The zero-order valence-electron chi connectivity index (χ0n) is 12.1. The van der Waals surface area contributed by atoms with Crippen LogP contribution < -0.4 is 22.1 Å². The van der Waals surface area contributed by atoms with Crippen LogP contribution in [0.3, 0.4) is 0 Å². The Kier molecular flexibility index (Phi) is 6.32. The standard InChI is InChI=1S/C12H17N7O2S/c1-6(15-2)3-9(22)19-12-10(11(14)21)17-5-8(18-12)16-4-7(13)20/h3,5,22H,4H2,1-2H3,(H2,13,20)(H2,14,21)(H2,16,18,19)/b9-3-,15-6-. The number of nitrogens with zero attached hydrogens (tertiary/aromatic N) is 3. The van der Waals surface area contributed by atoms with Crippen molar-refractivity contribution in [2.75, 3.05) is 24.2 Å². The van der Waals surface area contributed by atoms with Crippen LogP contribution in [0.4, 0.5) is 11.6 Å². The van der Waals surface area contributed by atoms with E-state index in [1.165, 1.54) is 6.20 Å². The molecule has 9 nitrogen and oxygen atoms in total. The van der Waals surface area contributed by atoms with E-state index in [2.05, 4.69) is 38.2 Å². The van der Waals surface area contributed by atoms with Crippen LogP contribution in [0.2, 0.25) is 0 Å². The summed E-state index contributed by atoms with van der Waals surface area (Å²) in [5.41, 5.74) is 10.9. The van der Waals surface area contributed by atoms with Crippen molar-refractivity contribution >= 4 is 41.8 Å². The van der Waals surface area contributed by atoms with E-state index in [0.29, 0.717) is 10.7 Å². The van der Waals surface area contributed by atoms with Gasteiger partial charge in [-0.3, -0.25) is 14.6 Å². The third kappa shape index (κ3) is 5.40. The summed E-state index contributed by atoms with van der Waals surface area (Å²) in [7, 11) is 1.63. The normalized spacial score (nSPS) is 12.0. The average Bonchev–Trinajstić information content (AvgIpc) is 2.44. The third-order valence-corrected chi connectivity index (χ3v) is 2.64. The number of primary amides is 2. The minimum Gasteiger partial charge on any atom is -0.368 e. The van der Waals surface area contributed by atoms with Gasteiger partial charge in [-0.05, 0) is 13.0 Å². The number of carbonyl (C=O) groups excluding carboxylic acids is 2. The minimum atomic E-state index is -0.751. The molecule has 0 radical (unpaired) electrons. The van der Waals surface area contributed by atoms with Crippen molar-refractivity contribution in [2.24, 2.45) is 16.5 Å². The van der Waals surface area contributed by atoms with Gasteiger partial charge in [0.15, 0.2) is 11.5 Å². The van der Waals surface area contributed by atoms with Gasteiger partial charge < -0.3 is 22.1 Å². The summed E-state index contributed by atoms with van der Waals surface area (Å²) >= 11 is 4.22. The SMILES string of the molecule is C/N=C(C)\C=C(/S)Nc1nc(NCC(N)=O)cnc1C(N)=O. The van der Waals surface area contributed by atoms with Crippen LogP contribution in [0.1, 0.15) is 17.4 Å². The Bertz CT molecular complexity index is 642. The quantitative estimate of drug-likeness (QED) is 0.345. The summed E-state index contributed by atoms with van der Waals surface area (Å²) in [6.45, 7) is 1.67. The van der Waals surface area contributed by atoms with Crippen molar-refractivity contribution in [3.63, 3.8) is 0 Å². The molecule has 0 spiro atoms. The fourth-order valence-electron chi connectivity index (χ4n) is 1.34. The monoisotopic (exact) mass is 323 g/mol. The summed E-state index contributed by atoms with van der Waals surface area (Å²) in [5.74, 6) is -0.946. The van der Waals surface area contributed by atoms with Gasteiger partial charge in [0.1, 0.15) is 5.82 Å². The van der Waals surface area contributed by atoms with Gasteiger partial charge in [-0.15, -0.1) is 12.6 Å². The summed E-state index contributed by atoms with van der Waals surface area (Å²) in [4.78, 5) is 34.1. The Morgan fingerprint density at radius 3 is 2.68 bits per heavy atom. The van der Waals surface area contributed by atoms with Gasteiger partial charge in [0.05, 0.1) is 17.8 Å². The third-order valence-electron chi connectivity index (χ3n) is 2.39. The highest BCUT2D eigenvalue weighted by Gasteiger charge is 2.13. The topological polar surface area (TPSA) is 148 Å². The van der Waals surface area contributed by atoms with Gasteiger partial charge in [-0.2, -0.15) is 0 Å². The lowest BCUT2D eigenvalue weighted by atomic mass is 10.3. The van der Waals surface area contributed by atoms with E-state index in [-0.39, 0.29) is 23.9 Å². The number of thiol groups is 1. The molecule has 2 amide bonds. The van der Waals surface area contributed by atoms with Crippen LogP contribution in [-0.4, -0.2) is 41.1 Å². The molecule has 0 aliphatic rings. The molecule has 118 valence electrons. The molecule has 0 atom stereocenters. The Morgan fingerprint density at radius 2 is 2.14 bits per heavy atom.